The van der Waals surface area contributed by atoms with Crippen LogP contribution in [0.25, 0.3) is 0 Å². The van der Waals surface area contributed by atoms with Crippen LogP contribution in [-0.2, 0) is 3.07 Å². The molecule has 0 rings (SSSR count). The van der Waals surface area contributed by atoms with Gasteiger partial charge in [-0.15, -0.1) is 0 Å². The van der Waals surface area contributed by atoms with Crippen molar-refractivity contribution < 1.29 is 3.07 Å². The Morgan fingerprint density at radius 3 is 2.71 bits per heavy atom. The molecule has 0 aliphatic rings. The van der Waals surface area contributed by atoms with Crippen molar-refractivity contribution in [2.45, 2.75) is 55.4 Å². The van der Waals surface area contributed by atoms with Crippen molar-refractivity contribution in [3.63, 3.8) is 0 Å². The van der Waals surface area contributed by atoms with Gasteiger partial charge in [0.1, 0.15) is 0 Å². The standard InChI is InChI=1S/C6H14N.C3H6IOS.Sn/c1-3-4-5-6(2)7;1-2-3(5)6-4;/h6H,1,3-5,7H2,2H3;3H,2H2,1H3;/q;-1;+1. The van der Waals surface area contributed by atoms with Crippen LogP contribution in [0.3, 0.4) is 0 Å². The molecule has 0 bridgehead atoms. The molecule has 0 heterocycles. The van der Waals surface area contributed by atoms with Crippen molar-refractivity contribution in [1.82, 2.24) is 0 Å². The summed E-state index contributed by atoms with van der Waals surface area (Å²) in [6.07, 6.45) is 4.89. The Labute approximate surface area is 115 Å². The van der Waals surface area contributed by atoms with Gasteiger partial charge in [0.05, 0.1) is 0 Å². The first-order chi connectivity index (χ1) is 6.70. The Bertz CT molecular complexity index is 125. The monoisotopic (exact) mass is 437 g/mol. The van der Waals surface area contributed by atoms with Crippen molar-refractivity contribution in [3.8, 4) is 0 Å². The van der Waals surface area contributed by atoms with E-state index in [-0.39, 0.29) is 0 Å². The van der Waals surface area contributed by atoms with Gasteiger partial charge in [-0.3, -0.25) is 0 Å². The fourth-order valence-corrected chi connectivity index (χ4v) is 7.55. The number of hydrogen-bond acceptors (Lipinski definition) is 3. The zero-order chi connectivity index (χ0) is 10.8. The van der Waals surface area contributed by atoms with Crippen molar-refractivity contribution >= 4 is 51.7 Å². The van der Waals surface area contributed by atoms with Crippen LogP contribution in [0, 0.1) is 0 Å². The molecule has 2 atom stereocenters. The molecule has 0 aliphatic heterocycles. The van der Waals surface area contributed by atoms with Gasteiger partial charge in [-0.2, -0.15) is 0 Å². The molecule has 0 aliphatic carbocycles. The number of unbranched alkanes of at least 4 members (excludes halogenated alkanes) is 1. The van der Waals surface area contributed by atoms with Crippen LogP contribution in [0.1, 0.15) is 39.5 Å². The van der Waals surface area contributed by atoms with Crippen molar-refractivity contribution in [2.24, 2.45) is 5.73 Å². The summed E-state index contributed by atoms with van der Waals surface area (Å²) in [4.78, 5) is 0. The SMILES string of the molecule is CCC([O][Sn][CH2]CCCC(C)N)SI. The molecule has 0 saturated heterocycles. The minimum atomic E-state index is -0.531. The van der Waals surface area contributed by atoms with E-state index in [1.807, 2.05) is 8.93 Å². The molecule has 2 nitrogen and oxygen atoms in total. The normalized spacial score (nSPS) is 15.4. The molecule has 84 valence electrons. The minimum absolute atomic E-state index is 0.370. The van der Waals surface area contributed by atoms with E-state index < -0.39 is 21.6 Å². The second-order valence-electron chi connectivity index (χ2n) is 3.41. The van der Waals surface area contributed by atoms with Gasteiger partial charge in [-0.1, -0.05) is 0 Å². The number of rotatable bonds is 9. The maximum atomic E-state index is 5.84. The number of halogens is 1. The molecule has 0 aromatic heterocycles. The Hall–Kier alpha value is 1.80. The van der Waals surface area contributed by atoms with Gasteiger partial charge in [0.15, 0.2) is 0 Å². The summed E-state index contributed by atoms with van der Waals surface area (Å²) < 4.78 is 7.18. The summed E-state index contributed by atoms with van der Waals surface area (Å²) in [5.41, 5.74) is 6.13. The van der Waals surface area contributed by atoms with Crippen LogP contribution in [0.2, 0.25) is 4.44 Å². The summed E-state index contributed by atoms with van der Waals surface area (Å²) in [6, 6.07) is 0.370. The zero-order valence-electron chi connectivity index (χ0n) is 8.96. The molecule has 2 unspecified atom stereocenters. The molecule has 2 N–H and O–H groups in total. The quantitative estimate of drug-likeness (QED) is 0.261. The first kappa shape index (κ1) is 15.8. The fraction of sp³-hybridized carbons (Fsp3) is 1.00. The second-order valence-corrected chi connectivity index (χ2v) is 8.57. The number of hydrogen-bond donors (Lipinski definition) is 1. The van der Waals surface area contributed by atoms with E-state index in [0.717, 1.165) is 12.8 Å². The van der Waals surface area contributed by atoms with Crippen LogP contribution in [0.5, 0.6) is 0 Å². The number of nitrogens with two attached hydrogens (primary N) is 1. The summed E-state index contributed by atoms with van der Waals surface area (Å²) in [5.74, 6) is 0. The Morgan fingerprint density at radius 2 is 2.21 bits per heavy atom. The van der Waals surface area contributed by atoms with Crippen LogP contribution >= 0.6 is 30.1 Å². The zero-order valence-corrected chi connectivity index (χ0v) is 14.8. The third-order valence-corrected chi connectivity index (χ3v) is 7.53. The van der Waals surface area contributed by atoms with Gasteiger partial charge >= 0.3 is 116 Å². The van der Waals surface area contributed by atoms with Crippen molar-refractivity contribution in [2.75, 3.05) is 0 Å². The molecule has 2 radical (unpaired) electrons. The summed E-state index contributed by atoms with van der Waals surface area (Å²) in [5, 5.41) is 0. The van der Waals surface area contributed by atoms with E-state index in [1.54, 1.807) is 0 Å². The van der Waals surface area contributed by atoms with Crippen LogP contribution in [0.4, 0.5) is 0 Å². The molecule has 0 aromatic carbocycles. The fourth-order valence-electron chi connectivity index (χ4n) is 0.980. The summed E-state index contributed by atoms with van der Waals surface area (Å²) >= 11 is 1.80. The van der Waals surface area contributed by atoms with Gasteiger partial charge in [0.2, 0.25) is 0 Å². The van der Waals surface area contributed by atoms with Gasteiger partial charge < -0.3 is 0 Å². The van der Waals surface area contributed by atoms with Gasteiger partial charge in [-0.25, -0.2) is 0 Å². The first-order valence-corrected chi connectivity index (χ1v) is 11.7. The van der Waals surface area contributed by atoms with E-state index in [9.17, 15) is 0 Å². The Morgan fingerprint density at radius 1 is 1.50 bits per heavy atom. The van der Waals surface area contributed by atoms with E-state index in [4.69, 9.17) is 8.81 Å². The molecular weight excluding hydrogens is 416 g/mol. The molecule has 0 aromatic rings. The molecule has 0 spiro atoms. The third kappa shape index (κ3) is 10.3. The van der Waals surface area contributed by atoms with E-state index in [0.29, 0.717) is 11.5 Å². The topological polar surface area (TPSA) is 35.2 Å². The van der Waals surface area contributed by atoms with Gasteiger partial charge in [0, 0.05) is 0 Å². The molecule has 5 heteroatoms. The van der Waals surface area contributed by atoms with E-state index in [2.05, 4.69) is 35.1 Å². The second kappa shape index (κ2) is 11.3. The van der Waals surface area contributed by atoms with Crippen molar-refractivity contribution in [3.05, 3.63) is 0 Å². The molecule has 14 heavy (non-hydrogen) atoms. The Kier molecular flexibility index (Phi) is 12.7. The predicted molar refractivity (Wildman–Crippen MR) is 74.8 cm³/mol. The molecular formula is C9H20INOSSn. The molecule has 0 amide bonds. The Balaban J connectivity index is 3.12. The average Bonchev–Trinajstić information content (AvgIpc) is 2.16. The third-order valence-electron chi connectivity index (χ3n) is 1.84. The average molecular weight is 436 g/mol. The van der Waals surface area contributed by atoms with E-state index >= 15 is 0 Å². The van der Waals surface area contributed by atoms with Crippen LogP contribution in [0.15, 0.2) is 0 Å². The van der Waals surface area contributed by atoms with Gasteiger partial charge in [-0.05, 0) is 0 Å². The van der Waals surface area contributed by atoms with E-state index in [1.165, 1.54) is 17.3 Å². The molecule has 0 saturated carbocycles. The summed E-state index contributed by atoms with van der Waals surface area (Å²) in [6.45, 7) is 4.27. The van der Waals surface area contributed by atoms with Gasteiger partial charge in [0.25, 0.3) is 0 Å². The first-order valence-electron chi connectivity index (χ1n) is 5.12. The predicted octanol–water partition coefficient (Wildman–Crippen LogP) is 3.38. The van der Waals surface area contributed by atoms with Crippen LogP contribution < -0.4 is 5.73 Å². The van der Waals surface area contributed by atoms with Crippen molar-refractivity contribution in [1.29, 1.82) is 0 Å². The van der Waals surface area contributed by atoms with Crippen LogP contribution in [-0.4, -0.2) is 33.0 Å². The maximum absolute atomic E-state index is 5.84. The molecule has 0 fully saturated rings. The summed E-state index contributed by atoms with van der Waals surface area (Å²) in [7, 11) is 1.81.